The molecule has 0 aromatic heterocycles. The normalized spacial score (nSPS) is 15.1. The molecule has 0 radical (unpaired) electrons. The van der Waals surface area contributed by atoms with Gasteiger partial charge >= 0.3 is 0 Å². The first kappa shape index (κ1) is 11.5. The van der Waals surface area contributed by atoms with E-state index in [9.17, 15) is 0 Å². The van der Waals surface area contributed by atoms with E-state index in [4.69, 9.17) is 21.4 Å². The summed E-state index contributed by atoms with van der Waals surface area (Å²) in [6.07, 6.45) is 0.535. The van der Waals surface area contributed by atoms with Crippen molar-refractivity contribution in [2.45, 2.75) is 18.9 Å². The number of hydrogen-bond acceptors (Lipinski definition) is 2. The summed E-state index contributed by atoms with van der Waals surface area (Å²) >= 11 is 6.06. The molecule has 3 heteroatoms. The van der Waals surface area contributed by atoms with Gasteiger partial charge in [-0.1, -0.05) is 29.8 Å². The number of benzene rings is 1. The lowest BCUT2D eigenvalue weighted by molar-refractivity contribution is -0.0172. The highest BCUT2D eigenvalue weighted by Gasteiger charge is 2.27. The number of aliphatic hydroxyl groups excluding tert-OH is 1. The van der Waals surface area contributed by atoms with Gasteiger partial charge in [0, 0.05) is 30.7 Å². The van der Waals surface area contributed by atoms with E-state index in [0.29, 0.717) is 11.4 Å². The Labute approximate surface area is 89.5 Å². The number of halogens is 1. The summed E-state index contributed by atoms with van der Waals surface area (Å²) < 4.78 is 5.40. The summed E-state index contributed by atoms with van der Waals surface area (Å²) in [5, 5.41) is 9.63. The molecule has 1 aromatic rings. The topological polar surface area (TPSA) is 29.5 Å². The van der Waals surface area contributed by atoms with E-state index in [1.807, 2.05) is 31.2 Å². The van der Waals surface area contributed by atoms with Gasteiger partial charge in [0.2, 0.25) is 0 Å². The van der Waals surface area contributed by atoms with Crippen molar-refractivity contribution in [1.82, 2.24) is 0 Å². The predicted octanol–water partition coefficient (Wildman–Crippen LogP) is 2.58. The van der Waals surface area contributed by atoms with Crippen LogP contribution in [0.1, 0.15) is 18.9 Å². The zero-order chi connectivity index (χ0) is 10.6. The van der Waals surface area contributed by atoms with Gasteiger partial charge < -0.3 is 9.84 Å². The summed E-state index contributed by atoms with van der Waals surface area (Å²) in [7, 11) is 1.62. The maximum absolute atomic E-state index is 8.96. The van der Waals surface area contributed by atoms with Crippen molar-refractivity contribution in [2.75, 3.05) is 13.7 Å². The van der Waals surface area contributed by atoms with Crippen LogP contribution in [0, 0.1) is 0 Å². The highest BCUT2D eigenvalue weighted by atomic mass is 35.5. The van der Waals surface area contributed by atoms with Crippen molar-refractivity contribution in [3.05, 3.63) is 34.9 Å². The second-order valence-corrected chi connectivity index (χ2v) is 3.80. The number of ether oxygens (including phenoxy) is 1. The largest absolute Gasteiger partial charge is 0.396 e. The van der Waals surface area contributed by atoms with Gasteiger partial charge in [-0.2, -0.15) is 0 Å². The lowest BCUT2D eigenvalue weighted by atomic mass is 9.92. The second kappa shape index (κ2) is 4.78. The van der Waals surface area contributed by atoms with Crippen LogP contribution in [0.15, 0.2) is 24.3 Å². The van der Waals surface area contributed by atoms with Gasteiger partial charge in [0.1, 0.15) is 0 Å². The molecule has 0 aliphatic rings. The number of methoxy groups -OCH3 is 1. The van der Waals surface area contributed by atoms with E-state index >= 15 is 0 Å². The first-order chi connectivity index (χ1) is 6.64. The molecule has 1 atom stereocenters. The zero-order valence-corrected chi connectivity index (χ0v) is 9.21. The average molecular weight is 215 g/mol. The highest BCUT2D eigenvalue weighted by Crippen LogP contribution is 2.33. The maximum atomic E-state index is 8.96. The number of aliphatic hydroxyl groups is 1. The van der Waals surface area contributed by atoms with E-state index in [0.717, 1.165) is 5.56 Å². The summed E-state index contributed by atoms with van der Waals surface area (Å²) in [6, 6.07) is 7.53. The van der Waals surface area contributed by atoms with E-state index in [-0.39, 0.29) is 6.61 Å². The van der Waals surface area contributed by atoms with Crippen molar-refractivity contribution in [2.24, 2.45) is 0 Å². The Balaban J connectivity index is 3.05. The van der Waals surface area contributed by atoms with Gasteiger partial charge in [0.05, 0.1) is 5.60 Å². The Kier molecular flexibility index (Phi) is 3.93. The van der Waals surface area contributed by atoms with Gasteiger partial charge in [0.25, 0.3) is 0 Å². The fraction of sp³-hybridized carbons (Fsp3) is 0.455. The third-order valence-corrected chi connectivity index (χ3v) is 2.81. The van der Waals surface area contributed by atoms with E-state index in [1.54, 1.807) is 7.11 Å². The lowest BCUT2D eigenvalue weighted by Crippen LogP contribution is -2.26. The van der Waals surface area contributed by atoms with Crippen LogP contribution in [-0.2, 0) is 10.3 Å². The van der Waals surface area contributed by atoms with Crippen LogP contribution in [0.5, 0.6) is 0 Å². The lowest BCUT2D eigenvalue weighted by Gasteiger charge is -2.28. The van der Waals surface area contributed by atoms with Crippen LogP contribution in [0.3, 0.4) is 0 Å². The Morgan fingerprint density at radius 1 is 1.43 bits per heavy atom. The Hall–Kier alpha value is -0.570. The van der Waals surface area contributed by atoms with Gasteiger partial charge in [-0.05, 0) is 13.0 Å². The van der Waals surface area contributed by atoms with Crippen molar-refractivity contribution in [1.29, 1.82) is 0 Å². The summed E-state index contributed by atoms with van der Waals surface area (Å²) in [5.74, 6) is 0. The van der Waals surface area contributed by atoms with Gasteiger partial charge in [-0.25, -0.2) is 0 Å². The molecular weight excluding hydrogens is 200 g/mol. The third kappa shape index (κ3) is 2.27. The van der Waals surface area contributed by atoms with Gasteiger partial charge in [-0.15, -0.1) is 0 Å². The van der Waals surface area contributed by atoms with Crippen LogP contribution in [0.25, 0.3) is 0 Å². The average Bonchev–Trinajstić information content (AvgIpc) is 2.18. The fourth-order valence-electron chi connectivity index (χ4n) is 1.45. The van der Waals surface area contributed by atoms with Crippen LogP contribution < -0.4 is 0 Å². The molecule has 0 amide bonds. The minimum atomic E-state index is -0.507. The van der Waals surface area contributed by atoms with E-state index < -0.39 is 5.60 Å². The van der Waals surface area contributed by atoms with Gasteiger partial charge in [-0.3, -0.25) is 0 Å². The molecule has 1 aromatic carbocycles. The van der Waals surface area contributed by atoms with Crippen LogP contribution in [-0.4, -0.2) is 18.8 Å². The monoisotopic (exact) mass is 214 g/mol. The molecule has 0 aliphatic heterocycles. The van der Waals surface area contributed by atoms with E-state index in [1.165, 1.54) is 0 Å². The summed E-state index contributed by atoms with van der Waals surface area (Å²) in [6.45, 7) is 2.00. The summed E-state index contributed by atoms with van der Waals surface area (Å²) in [5.41, 5.74) is 0.408. The minimum Gasteiger partial charge on any atom is -0.396 e. The molecule has 0 bridgehead atoms. The molecule has 1 unspecified atom stereocenters. The maximum Gasteiger partial charge on any atom is 0.0935 e. The molecule has 14 heavy (non-hydrogen) atoms. The Bertz CT molecular complexity index is 301. The number of hydrogen-bond donors (Lipinski definition) is 1. The van der Waals surface area contributed by atoms with Crippen LogP contribution in [0.2, 0.25) is 5.02 Å². The summed E-state index contributed by atoms with van der Waals surface area (Å²) in [4.78, 5) is 0. The minimum absolute atomic E-state index is 0.0789. The van der Waals surface area contributed by atoms with Gasteiger partial charge in [0.15, 0.2) is 0 Å². The first-order valence-electron chi connectivity index (χ1n) is 4.55. The standard InChI is InChI=1S/C11H15ClO2/c1-11(14-2,7-8-13)9-5-3-4-6-10(9)12/h3-6,13H,7-8H2,1-2H3. The van der Waals surface area contributed by atoms with Crippen LogP contribution in [0.4, 0.5) is 0 Å². The molecule has 1 rings (SSSR count). The Morgan fingerprint density at radius 2 is 2.07 bits per heavy atom. The smallest absolute Gasteiger partial charge is 0.0935 e. The quantitative estimate of drug-likeness (QED) is 0.835. The molecule has 0 saturated heterocycles. The molecule has 0 fully saturated rings. The SMILES string of the molecule is COC(C)(CCO)c1ccccc1Cl. The predicted molar refractivity (Wildman–Crippen MR) is 57.5 cm³/mol. The molecule has 2 nitrogen and oxygen atoms in total. The van der Waals surface area contributed by atoms with Crippen LogP contribution >= 0.6 is 11.6 Å². The second-order valence-electron chi connectivity index (χ2n) is 3.39. The molecule has 0 aliphatic carbocycles. The first-order valence-corrected chi connectivity index (χ1v) is 4.93. The zero-order valence-electron chi connectivity index (χ0n) is 8.46. The van der Waals surface area contributed by atoms with Crippen molar-refractivity contribution < 1.29 is 9.84 Å². The molecule has 78 valence electrons. The molecular formula is C11H15ClO2. The van der Waals surface area contributed by atoms with Crippen molar-refractivity contribution in [3.8, 4) is 0 Å². The fourth-order valence-corrected chi connectivity index (χ4v) is 1.79. The van der Waals surface area contributed by atoms with Crippen molar-refractivity contribution in [3.63, 3.8) is 0 Å². The molecule has 0 spiro atoms. The Morgan fingerprint density at radius 3 is 2.57 bits per heavy atom. The van der Waals surface area contributed by atoms with Crippen molar-refractivity contribution >= 4 is 11.6 Å². The number of rotatable bonds is 4. The van der Waals surface area contributed by atoms with E-state index in [2.05, 4.69) is 0 Å². The molecule has 0 heterocycles. The molecule has 1 N–H and O–H groups in total. The molecule has 0 saturated carbocycles. The third-order valence-electron chi connectivity index (χ3n) is 2.48. The highest BCUT2D eigenvalue weighted by molar-refractivity contribution is 6.31.